The van der Waals surface area contributed by atoms with E-state index in [1.165, 1.54) is 11.6 Å². The van der Waals surface area contributed by atoms with Crippen LogP contribution in [0.2, 0.25) is 0 Å². The Morgan fingerprint density at radius 1 is 1.21 bits per heavy atom. The Hall–Kier alpha value is -1.46. The van der Waals surface area contributed by atoms with Gasteiger partial charge < -0.3 is 5.32 Å². The van der Waals surface area contributed by atoms with Gasteiger partial charge in [-0.05, 0) is 58.7 Å². The number of nitrogens with one attached hydrogen (secondary N) is 1. The Balaban J connectivity index is 1.94. The molecular formula is C14H10BrFN2S. The second-order valence-electron chi connectivity index (χ2n) is 4.24. The average Bonchev–Trinajstić information content (AvgIpc) is 2.75. The molecule has 0 aliphatic heterocycles. The minimum Gasteiger partial charge on any atom is -0.331 e. The Bertz CT molecular complexity index is 754. The lowest BCUT2D eigenvalue weighted by atomic mass is 10.2. The predicted molar refractivity (Wildman–Crippen MR) is 81.7 cm³/mol. The topological polar surface area (TPSA) is 24.9 Å². The van der Waals surface area contributed by atoms with Crippen molar-refractivity contribution in [3.8, 4) is 0 Å². The summed E-state index contributed by atoms with van der Waals surface area (Å²) in [4.78, 5) is 4.49. The molecule has 19 heavy (non-hydrogen) atoms. The van der Waals surface area contributed by atoms with Gasteiger partial charge in [0.1, 0.15) is 5.82 Å². The summed E-state index contributed by atoms with van der Waals surface area (Å²) in [6, 6.07) is 11.1. The van der Waals surface area contributed by atoms with E-state index in [0.717, 1.165) is 15.3 Å². The van der Waals surface area contributed by atoms with Gasteiger partial charge in [0.25, 0.3) is 0 Å². The second kappa shape index (κ2) is 4.90. The minimum absolute atomic E-state index is 0.290. The van der Waals surface area contributed by atoms with Crippen molar-refractivity contribution in [1.82, 2.24) is 4.98 Å². The third kappa shape index (κ3) is 2.62. The molecule has 5 heteroatoms. The first-order chi connectivity index (χ1) is 9.11. The summed E-state index contributed by atoms with van der Waals surface area (Å²) in [6.07, 6.45) is 0. The molecule has 2 aromatic carbocycles. The van der Waals surface area contributed by atoms with Crippen LogP contribution in [0.4, 0.5) is 15.2 Å². The number of hydrogen-bond acceptors (Lipinski definition) is 3. The number of nitrogens with zero attached hydrogens (tertiary/aromatic N) is 1. The molecule has 0 fully saturated rings. The van der Waals surface area contributed by atoms with Gasteiger partial charge >= 0.3 is 0 Å². The summed E-state index contributed by atoms with van der Waals surface area (Å²) in [5.74, 6) is -0.290. The summed E-state index contributed by atoms with van der Waals surface area (Å²) in [7, 11) is 0. The molecule has 3 rings (SSSR count). The van der Waals surface area contributed by atoms with Crippen LogP contribution < -0.4 is 5.32 Å². The number of fused-ring (bicyclic) bond motifs is 1. The summed E-state index contributed by atoms with van der Waals surface area (Å²) in [5, 5.41) is 3.89. The number of rotatable bonds is 2. The van der Waals surface area contributed by atoms with Crippen LogP contribution in [0.1, 0.15) is 5.56 Å². The van der Waals surface area contributed by atoms with Crippen LogP contribution >= 0.6 is 27.3 Å². The largest absolute Gasteiger partial charge is 0.331 e. The number of halogens is 2. The van der Waals surface area contributed by atoms with Crippen molar-refractivity contribution in [2.45, 2.75) is 6.92 Å². The van der Waals surface area contributed by atoms with Gasteiger partial charge in [-0.3, -0.25) is 0 Å². The SMILES string of the molecule is Cc1ccc2sc(Nc3ccc(Br)c(F)c3)nc2c1. The maximum Gasteiger partial charge on any atom is 0.188 e. The molecule has 0 bridgehead atoms. The van der Waals surface area contributed by atoms with E-state index in [9.17, 15) is 4.39 Å². The highest BCUT2D eigenvalue weighted by Gasteiger charge is 2.06. The molecule has 0 saturated heterocycles. The highest BCUT2D eigenvalue weighted by molar-refractivity contribution is 9.10. The normalized spacial score (nSPS) is 10.9. The zero-order valence-electron chi connectivity index (χ0n) is 10.1. The zero-order valence-corrected chi connectivity index (χ0v) is 12.5. The van der Waals surface area contributed by atoms with Crippen molar-refractivity contribution in [2.24, 2.45) is 0 Å². The van der Waals surface area contributed by atoms with Crippen molar-refractivity contribution >= 4 is 48.3 Å². The highest BCUT2D eigenvalue weighted by atomic mass is 79.9. The molecule has 2 nitrogen and oxygen atoms in total. The molecule has 0 unspecified atom stereocenters. The van der Waals surface area contributed by atoms with E-state index in [4.69, 9.17) is 0 Å². The van der Waals surface area contributed by atoms with Crippen LogP contribution in [0.25, 0.3) is 10.2 Å². The van der Waals surface area contributed by atoms with E-state index < -0.39 is 0 Å². The summed E-state index contributed by atoms with van der Waals surface area (Å²) >= 11 is 4.69. The van der Waals surface area contributed by atoms with Gasteiger partial charge in [-0.25, -0.2) is 9.37 Å². The molecule has 1 heterocycles. The third-order valence-electron chi connectivity index (χ3n) is 2.71. The molecule has 96 valence electrons. The molecule has 0 aliphatic carbocycles. The van der Waals surface area contributed by atoms with Gasteiger partial charge in [0.15, 0.2) is 5.13 Å². The van der Waals surface area contributed by atoms with Crippen molar-refractivity contribution in [2.75, 3.05) is 5.32 Å². The molecule has 1 N–H and O–H groups in total. The van der Waals surface area contributed by atoms with Gasteiger partial charge in [-0.15, -0.1) is 0 Å². The maximum absolute atomic E-state index is 13.4. The number of aryl methyl sites for hydroxylation is 1. The Morgan fingerprint density at radius 3 is 2.84 bits per heavy atom. The molecule has 0 aliphatic rings. The summed E-state index contributed by atoms with van der Waals surface area (Å²) < 4.78 is 15.0. The number of hydrogen-bond donors (Lipinski definition) is 1. The smallest absolute Gasteiger partial charge is 0.188 e. The van der Waals surface area contributed by atoms with Crippen molar-refractivity contribution in [1.29, 1.82) is 0 Å². The number of benzene rings is 2. The van der Waals surface area contributed by atoms with Gasteiger partial charge in [-0.1, -0.05) is 17.4 Å². The molecule has 1 aromatic heterocycles. The molecule has 0 radical (unpaired) electrons. The van der Waals surface area contributed by atoms with Crippen LogP contribution in [-0.4, -0.2) is 4.98 Å². The first-order valence-corrected chi connectivity index (χ1v) is 7.32. The van der Waals surface area contributed by atoms with Crippen LogP contribution in [0.5, 0.6) is 0 Å². The standard InChI is InChI=1S/C14H10BrFN2S/c1-8-2-5-13-12(6-8)18-14(19-13)17-9-3-4-10(15)11(16)7-9/h2-7H,1H3,(H,17,18). The lowest BCUT2D eigenvalue weighted by molar-refractivity contribution is 0.622. The fraction of sp³-hybridized carbons (Fsp3) is 0.0714. The van der Waals surface area contributed by atoms with Gasteiger partial charge in [0.2, 0.25) is 0 Å². The number of aromatic nitrogens is 1. The molecule has 0 atom stereocenters. The average molecular weight is 337 g/mol. The van der Waals surface area contributed by atoms with E-state index in [1.54, 1.807) is 17.4 Å². The van der Waals surface area contributed by atoms with Gasteiger partial charge in [-0.2, -0.15) is 0 Å². The maximum atomic E-state index is 13.4. The molecule has 0 amide bonds. The van der Waals surface area contributed by atoms with Crippen LogP contribution in [0.15, 0.2) is 40.9 Å². The molecule has 3 aromatic rings. The summed E-state index contributed by atoms with van der Waals surface area (Å²) in [6.45, 7) is 2.04. The Kier molecular flexibility index (Phi) is 3.24. The lowest BCUT2D eigenvalue weighted by Crippen LogP contribution is -1.90. The fourth-order valence-corrected chi connectivity index (χ4v) is 2.90. The molecule has 0 saturated carbocycles. The van der Waals surface area contributed by atoms with E-state index in [1.807, 2.05) is 19.1 Å². The first-order valence-electron chi connectivity index (χ1n) is 5.71. The summed E-state index contributed by atoms with van der Waals surface area (Å²) in [5.41, 5.74) is 2.83. The zero-order chi connectivity index (χ0) is 13.4. The Labute approximate surface area is 122 Å². The van der Waals surface area contributed by atoms with Crippen LogP contribution in [-0.2, 0) is 0 Å². The fourth-order valence-electron chi connectivity index (χ4n) is 1.79. The molecule has 0 spiro atoms. The third-order valence-corrected chi connectivity index (χ3v) is 4.31. The van der Waals surface area contributed by atoms with Gasteiger partial charge in [0, 0.05) is 5.69 Å². The number of anilines is 2. The second-order valence-corrected chi connectivity index (χ2v) is 6.13. The number of thiazole rings is 1. The monoisotopic (exact) mass is 336 g/mol. The van der Waals surface area contributed by atoms with Crippen LogP contribution in [0.3, 0.4) is 0 Å². The first kappa shape index (κ1) is 12.6. The van der Waals surface area contributed by atoms with Crippen molar-refractivity contribution in [3.63, 3.8) is 0 Å². The quantitative estimate of drug-likeness (QED) is 0.691. The van der Waals surface area contributed by atoms with E-state index >= 15 is 0 Å². The predicted octanol–water partition coefficient (Wildman–Crippen LogP) is 5.25. The Morgan fingerprint density at radius 2 is 2.05 bits per heavy atom. The highest BCUT2D eigenvalue weighted by Crippen LogP contribution is 2.29. The lowest BCUT2D eigenvalue weighted by Gasteiger charge is -2.02. The minimum atomic E-state index is -0.290. The van der Waals surface area contributed by atoms with E-state index in [2.05, 4.69) is 38.4 Å². The van der Waals surface area contributed by atoms with Crippen LogP contribution in [0, 0.1) is 12.7 Å². The van der Waals surface area contributed by atoms with Crippen molar-refractivity contribution in [3.05, 3.63) is 52.3 Å². The van der Waals surface area contributed by atoms with E-state index in [-0.39, 0.29) is 5.82 Å². The molecular weight excluding hydrogens is 327 g/mol. The van der Waals surface area contributed by atoms with Gasteiger partial charge in [0.05, 0.1) is 14.7 Å². The van der Waals surface area contributed by atoms with E-state index in [0.29, 0.717) is 10.2 Å². The van der Waals surface area contributed by atoms with Crippen molar-refractivity contribution < 1.29 is 4.39 Å².